The number of nitrogens with one attached hydrogen (secondary N) is 1. The second-order valence-corrected chi connectivity index (χ2v) is 3.78. The van der Waals surface area contributed by atoms with E-state index >= 15 is 0 Å². The van der Waals surface area contributed by atoms with Crippen molar-refractivity contribution in [2.24, 2.45) is 5.84 Å². The number of aromatic nitrogens is 1. The first-order valence-corrected chi connectivity index (χ1v) is 5.47. The van der Waals surface area contributed by atoms with E-state index in [-0.39, 0.29) is 0 Å². The van der Waals surface area contributed by atoms with Crippen molar-refractivity contribution >= 4 is 17.4 Å². The van der Waals surface area contributed by atoms with Crippen molar-refractivity contribution in [1.29, 1.82) is 0 Å². The summed E-state index contributed by atoms with van der Waals surface area (Å²) in [5.41, 5.74) is 3.26. The topological polar surface area (TPSA) is 60.2 Å². The first kappa shape index (κ1) is 11.7. The van der Waals surface area contributed by atoms with Gasteiger partial charge in [-0.05, 0) is 24.3 Å². The number of anilines is 1. The summed E-state index contributed by atoms with van der Waals surface area (Å²) in [4.78, 5) is 4.23. The molecule has 0 aliphatic rings. The van der Waals surface area contributed by atoms with Gasteiger partial charge in [-0.3, -0.25) is 0 Å². The monoisotopic (exact) mass is 249 g/mol. The van der Waals surface area contributed by atoms with Gasteiger partial charge in [0.15, 0.2) is 0 Å². The second kappa shape index (κ2) is 5.52. The van der Waals surface area contributed by atoms with Gasteiger partial charge >= 0.3 is 0 Å². The van der Waals surface area contributed by atoms with Gasteiger partial charge < -0.3 is 10.2 Å². The Bertz CT molecular complexity index is 505. The molecule has 4 nitrogen and oxygen atoms in total. The first-order valence-electron chi connectivity index (χ1n) is 5.09. The molecule has 0 fully saturated rings. The van der Waals surface area contributed by atoms with Crippen LogP contribution in [-0.2, 0) is 6.61 Å². The Labute approximate surface area is 104 Å². The number of benzene rings is 1. The average Bonchev–Trinajstić information content (AvgIpc) is 2.38. The van der Waals surface area contributed by atoms with E-state index in [1.54, 1.807) is 12.1 Å². The van der Waals surface area contributed by atoms with E-state index in [0.29, 0.717) is 23.2 Å². The fourth-order valence-corrected chi connectivity index (χ4v) is 1.54. The van der Waals surface area contributed by atoms with Crippen molar-refractivity contribution in [3.05, 3.63) is 53.2 Å². The van der Waals surface area contributed by atoms with E-state index in [1.165, 1.54) is 0 Å². The van der Waals surface area contributed by atoms with E-state index in [9.17, 15) is 0 Å². The second-order valence-electron chi connectivity index (χ2n) is 3.38. The number of hydrogen-bond donors (Lipinski definition) is 2. The standard InChI is InChI=1S/C12H12ClN3O/c13-10-5-1-2-6-11(10)17-8-9-4-3-7-12(15-9)16-14/h1-7H,8,14H2,(H,15,16). The van der Waals surface area contributed by atoms with Crippen molar-refractivity contribution in [3.63, 3.8) is 0 Å². The molecule has 17 heavy (non-hydrogen) atoms. The molecule has 0 amide bonds. The number of halogens is 1. The van der Waals surface area contributed by atoms with E-state index < -0.39 is 0 Å². The number of nitrogens with zero attached hydrogens (tertiary/aromatic N) is 1. The molecule has 1 heterocycles. The highest BCUT2D eigenvalue weighted by molar-refractivity contribution is 6.32. The number of pyridine rings is 1. The molecule has 2 aromatic rings. The minimum absolute atomic E-state index is 0.346. The zero-order valence-electron chi connectivity index (χ0n) is 9.06. The lowest BCUT2D eigenvalue weighted by Gasteiger charge is -2.08. The highest BCUT2D eigenvalue weighted by Gasteiger charge is 2.01. The zero-order chi connectivity index (χ0) is 12.1. The Kier molecular flexibility index (Phi) is 3.80. The van der Waals surface area contributed by atoms with E-state index in [4.69, 9.17) is 22.2 Å². The molecule has 5 heteroatoms. The predicted molar refractivity (Wildman–Crippen MR) is 67.8 cm³/mol. The van der Waals surface area contributed by atoms with Crippen molar-refractivity contribution in [3.8, 4) is 5.75 Å². The molecule has 1 aromatic heterocycles. The van der Waals surface area contributed by atoms with Crippen LogP contribution in [0, 0.1) is 0 Å². The maximum Gasteiger partial charge on any atom is 0.140 e. The normalized spacial score (nSPS) is 10.0. The summed E-state index contributed by atoms with van der Waals surface area (Å²) in [5, 5.41) is 0.584. The summed E-state index contributed by atoms with van der Waals surface area (Å²) in [6.45, 7) is 0.346. The maximum absolute atomic E-state index is 5.97. The zero-order valence-corrected chi connectivity index (χ0v) is 9.82. The molecule has 0 saturated carbocycles. The van der Waals surface area contributed by atoms with Crippen LogP contribution >= 0.6 is 11.6 Å². The summed E-state index contributed by atoms with van der Waals surface area (Å²) >= 11 is 5.97. The van der Waals surface area contributed by atoms with Gasteiger partial charge in [0, 0.05) is 0 Å². The molecule has 0 radical (unpaired) electrons. The molecule has 1 aromatic carbocycles. The van der Waals surface area contributed by atoms with Crippen LogP contribution in [0.3, 0.4) is 0 Å². The summed E-state index contributed by atoms with van der Waals surface area (Å²) in [6.07, 6.45) is 0. The fourth-order valence-electron chi connectivity index (χ4n) is 1.35. The predicted octanol–water partition coefficient (Wildman–Crippen LogP) is 2.60. The largest absolute Gasteiger partial charge is 0.486 e. The van der Waals surface area contributed by atoms with Crippen LogP contribution in [0.25, 0.3) is 0 Å². The summed E-state index contributed by atoms with van der Waals surface area (Å²) in [6, 6.07) is 12.8. The van der Waals surface area contributed by atoms with Gasteiger partial charge in [0.25, 0.3) is 0 Å². The minimum atomic E-state index is 0.346. The van der Waals surface area contributed by atoms with E-state index in [0.717, 1.165) is 5.69 Å². The number of ether oxygens (including phenoxy) is 1. The van der Waals surface area contributed by atoms with E-state index in [1.807, 2.05) is 30.3 Å². The van der Waals surface area contributed by atoms with Gasteiger partial charge in [0.2, 0.25) is 0 Å². The Morgan fingerprint density at radius 1 is 1.18 bits per heavy atom. The smallest absolute Gasteiger partial charge is 0.140 e. The number of hydrazine groups is 1. The number of nitrogens with two attached hydrogens (primary N) is 1. The third kappa shape index (κ3) is 3.09. The molecule has 0 atom stereocenters. The van der Waals surface area contributed by atoms with Gasteiger partial charge in [-0.15, -0.1) is 0 Å². The molecule has 0 spiro atoms. The number of para-hydroxylation sites is 1. The van der Waals surface area contributed by atoms with Crippen molar-refractivity contribution in [1.82, 2.24) is 4.98 Å². The SMILES string of the molecule is NNc1cccc(COc2ccccc2Cl)n1. The number of rotatable bonds is 4. The number of hydrogen-bond acceptors (Lipinski definition) is 4. The van der Waals surface area contributed by atoms with Gasteiger partial charge in [-0.1, -0.05) is 29.8 Å². The van der Waals surface area contributed by atoms with Crippen LogP contribution in [0.15, 0.2) is 42.5 Å². The Hall–Kier alpha value is -1.78. The lowest BCUT2D eigenvalue weighted by molar-refractivity contribution is 0.301. The van der Waals surface area contributed by atoms with E-state index in [2.05, 4.69) is 10.4 Å². The Morgan fingerprint density at radius 2 is 2.00 bits per heavy atom. The highest BCUT2D eigenvalue weighted by Crippen LogP contribution is 2.23. The van der Waals surface area contributed by atoms with Crippen LogP contribution < -0.4 is 16.0 Å². The molecule has 0 bridgehead atoms. The van der Waals surface area contributed by atoms with Gasteiger partial charge in [-0.25, -0.2) is 10.8 Å². The summed E-state index contributed by atoms with van der Waals surface area (Å²) in [7, 11) is 0. The van der Waals surface area contributed by atoms with Gasteiger partial charge in [0.1, 0.15) is 18.2 Å². The lowest BCUT2D eigenvalue weighted by atomic mass is 10.3. The molecule has 2 rings (SSSR count). The van der Waals surface area contributed by atoms with Crippen LogP contribution in [0.5, 0.6) is 5.75 Å². The first-order chi connectivity index (χ1) is 8.29. The highest BCUT2D eigenvalue weighted by atomic mass is 35.5. The van der Waals surface area contributed by atoms with Crippen LogP contribution in [0.4, 0.5) is 5.82 Å². The summed E-state index contributed by atoms with van der Waals surface area (Å²) < 4.78 is 5.56. The van der Waals surface area contributed by atoms with Crippen molar-refractivity contribution < 1.29 is 4.74 Å². The summed E-state index contributed by atoms with van der Waals surface area (Å²) in [5.74, 6) is 6.52. The molecule has 3 N–H and O–H groups in total. The van der Waals surface area contributed by atoms with Crippen molar-refractivity contribution in [2.45, 2.75) is 6.61 Å². The average molecular weight is 250 g/mol. The fraction of sp³-hybridized carbons (Fsp3) is 0.0833. The third-order valence-corrected chi connectivity index (χ3v) is 2.48. The molecule has 88 valence electrons. The van der Waals surface area contributed by atoms with Gasteiger partial charge in [0.05, 0.1) is 10.7 Å². The number of nitrogen functional groups attached to an aromatic ring is 1. The Morgan fingerprint density at radius 3 is 2.76 bits per heavy atom. The maximum atomic E-state index is 5.97. The molecular weight excluding hydrogens is 238 g/mol. The molecule has 0 saturated heterocycles. The molecule has 0 unspecified atom stereocenters. The Balaban J connectivity index is 2.05. The molecule has 0 aliphatic carbocycles. The third-order valence-electron chi connectivity index (χ3n) is 2.17. The minimum Gasteiger partial charge on any atom is -0.486 e. The lowest BCUT2D eigenvalue weighted by Crippen LogP contribution is -2.09. The quantitative estimate of drug-likeness (QED) is 0.646. The van der Waals surface area contributed by atoms with Crippen molar-refractivity contribution in [2.75, 3.05) is 5.43 Å². The van der Waals surface area contributed by atoms with Crippen LogP contribution in [-0.4, -0.2) is 4.98 Å². The van der Waals surface area contributed by atoms with Gasteiger partial charge in [-0.2, -0.15) is 0 Å². The van der Waals surface area contributed by atoms with Crippen LogP contribution in [0.1, 0.15) is 5.69 Å². The molecular formula is C12H12ClN3O. The molecule has 0 aliphatic heterocycles. The van der Waals surface area contributed by atoms with Crippen LogP contribution in [0.2, 0.25) is 5.02 Å².